The molecule has 7 nitrogen and oxygen atoms in total. The number of pyridine rings is 1. The molecule has 0 amide bonds. The van der Waals surface area contributed by atoms with E-state index < -0.39 is 0 Å². The number of H-pyrrole nitrogens is 1. The Morgan fingerprint density at radius 1 is 0.900 bits per heavy atom. The van der Waals surface area contributed by atoms with Gasteiger partial charge in [-0.15, -0.1) is 0 Å². The topological polar surface area (TPSA) is 82.2 Å². The van der Waals surface area contributed by atoms with Crippen molar-refractivity contribution in [2.75, 3.05) is 7.11 Å². The number of fused-ring (bicyclic) bond motifs is 2. The van der Waals surface area contributed by atoms with Crippen molar-refractivity contribution < 1.29 is 14.2 Å². The van der Waals surface area contributed by atoms with Crippen LogP contribution in [0.2, 0.25) is 0 Å². The Hall–Kier alpha value is -4.13. The third-order valence-electron chi connectivity index (χ3n) is 4.66. The number of aromatic amines is 1. The number of hydrogen-bond donors (Lipinski definition) is 1. The van der Waals surface area contributed by atoms with Crippen molar-refractivity contribution in [3.05, 3.63) is 78.8 Å². The molecule has 0 aliphatic rings. The first kappa shape index (κ1) is 17.9. The molecule has 0 aliphatic carbocycles. The number of ether oxygens (including phenoxy) is 3. The highest BCUT2D eigenvalue weighted by Crippen LogP contribution is 2.33. The van der Waals surface area contributed by atoms with E-state index in [1.807, 2.05) is 60.8 Å². The molecule has 0 atom stereocenters. The zero-order chi connectivity index (χ0) is 20.3. The molecule has 5 rings (SSSR count). The molecule has 3 heterocycles. The molecule has 5 aromatic rings. The van der Waals surface area contributed by atoms with Gasteiger partial charge in [0.25, 0.3) is 0 Å². The van der Waals surface area contributed by atoms with Crippen LogP contribution in [0.3, 0.4) is 0 Å². The van der Waals surface area contributed by atoms with E-state index in [0.29, 0.717) is 29.4 Å². The van der Waals surface area contributed by atoms with Gasteiger partial charge in [-0.05, 0) is 23.8 Å². The molecule has 30 heavy (non-hydrogen) atoms. The summed E-state index contributed by atoms with van der Waals surface area (Å²) in [4.78, 5) is 16.2. The van der Waals surface area contributed by atoms with Crippen LogP contribution >= 0.6 is 0 Å². The number of nitrogens with zero attached hydrogens (tertiary/aromatic N) is 3. The highest BCUT2D eigenvalue weighted by molar-refractivity contribution is 5.82. The average molecular weight is 398 g/mol. The van der Waals surface area contributed by atoms with Crippen LogP contribution in [0, 0.1) is 0 Å². The molecule has 0 spiro atoms. The van der Waals surface area contributed by atoms with Gasteiger partial charge >= 0.3 is 6.01 Å². The van der Waals surface area contributed by atoms with Gasteiger partial charge in [0.15, 0.2) is 11.5 Å². The average Bonchev–Trinajstić information content (AvgIpc) is 3.25. The molecule has 1 N–H and O–H groups in total. The Balaban J connectivity index is 1.41. The van der Waals surface area contributed by atoms with Crippen molar-refractivity contribution in [1.82, 2.24) is 19.9 Å². The SMILES string of the molecule is COc1cc2nc(Oc3cnc4[nH]ccc4c3)ncc2cc1OCc1ccccc1. The fraction of sp³-hybridized carbons (Fsp3) is 0.0870. The summed E-state index contributed by atoms with van der Waals surface area (Å²) in [7, 11) is 1.60. The maximum absolute atomic E-state index is 5.96. The Bertz CT molecular complexity index is 1320. The molecule has 0 saturated carbocycles. The summed E-state index contributed by atoms with van der Waals surface area (Å²) >= 11 is 0. The third kappa shape index (κ3) is 3.60. The summed E-state index contributed by atoms with van der Waals surface area (Å²) in [5.41, 5.74) is 2.57. The van der Waals surface area contributed by atoms with E-state index >= 15 is 0 Å². The van der Waals surface area contributed by atoms with Crippen molar-refractivity contribution in [2.45, 2.75) is 6.61 Å². The van der Waals surface area contributed by atoms with Gasteiger partial charge in [-0.1, -0.05) is 30.3 Å². The van der Waals surface area contributed by atoms with Crippen molar-refractivity contribution in [3.8, 4) is 23.3 Å². The van der Waals surface area contributed by atoms with Gasteiger partial charge in [-0.25, -0.2) is 9.97 Å². The zero-order valence-corrected chi connectivity index (χ0v) is 16.2. The first-order valence-electron chi connectivity index (χ1n) is 9.41. The lowest BCUT2D eigenvalue weighted by molar-refractivity contribution is 0.285. The maximum atomic E-state index is 5.96. The second kappa shape index (κ2) is 7.71. The Morgan fingerprint density at radius 3 is 2.67 bits per heavy atom. The molecule has 0 fully saturated rings. The Kier molecular flexibility index (Phi) is 4.61. The first-order chi connectivity index (χ1) is 14.8. The van der Waals surface area contributed by atoms with Gasteiger partial charge < -0.3 is 19.2 Å². The maximum Gasteiger partial charge on any atom is 0.322 e. The predicted octanol–water partition coefficient (Wildman–Crippen LogP) is 4.89. The normalized spacial score (nSPS) is 11.0. The summed E-state index contributed by atoms with van der Waals surface area (Å²) in [6.45, 7) is 0.444. The van der Waals surface area contributed by atoms with Crippen LogP contribution in [-0.2, 0) is 6.61 Å². The quantitative estimate of drug-likeness (QED) is 0.439. The molecule has 2 aromatic carbocycles. The smallest absolute Gasteiger partial charge is 0.322 e. The second-order valence-corrected chi connectivity index (χ2v) is 6.68. The summed E-state index contributed by atoms with van der Waals surface area (Å²) in [6.07, 6.45) is 5.17. The lowest BCUT2D eigenvalue weighted by atomic mass is 10.2. The highest BCUT2D eigenvalue weighted by Gasteiger charge is 2.11. The summed E-state index contributed by atoms with van der Waals surface area (Å²) in [6, 6.07) is 17.7. The molecule has 0 unspecified atom stereocenters. The number of benzene rings is 2. The van der Waals surface area contributed by atoms with E-state index in [-0.39, 0.29) is 6.01 Å². The highest BCUT2D eigenvalue weighted by atomic mass is 16.5. The number of nitrogens with one attached hydrogen (secondary N) is 1. The second-order valence-electron chi connectivity index (χ2n) is 6.68. The van der Waals surface area contributed by atoms with Gasteiger partial charge in [0, 0.05) is 29.2 Å². The Morgan fingerprint density at radius 2 is 1.80 bits per heavy atom. The minimum Gasteiger partial charge on any atom is -0.493 e. The molecular formula is C23H18N4O3. The predicted molar refractivity (Wildman–Crippen MR) is 113 cm³/mol. The Labute approximate surface area is 172 Å². The van der Waals surface area contributed by atoms with Crippen molar-refractivity contribution in [2.24, 2.45) is 0 Å². The van der Waals surface area contributed by atoms with Crippen LogP contribution in [0.4, 0.5) is 0 Å². The fourth-order valence-corrected chi connectivity index (χ4v) is 3.16. The van der Waals surface area contributed by atoms with Crippen molar-refractivity contribution in [3.63, 3.8) is 0 Å². The summed E-state index contributed by atoms with van der Waals surface area (Å²) in [5, 5.41) is 1.78. The van der Waals surface area contributed by atoms with Crippen molar-refractivity contribution in [1.29, 1.82) is 0 Å². The number of hydrogen-bond acceptors (Lipinski definition) is 6. The molecule has 0 bridgehead atoms. The minimum atomic E-state index is 0.235. The van der Waals surface area contributed by atoms with E-state index in [2.05, 4.69) is 19.9 Å². The van der Waals surface area contributed by atoms with Crippen LogP contribution in [0.1, 0.15) is 5.56 Å². The number of rotatable bonds is 6. The van der Waals surface area contributed by atoms with Crippen LogP contribution in [0.25, 0.3) is 21.9 Å². The van der Waals surface area contributed by atoms with Gasteiger partial charge in [-0.3, -0.25) is 0 Å². The zero-order valence-electron chi connectivity index (χ0n) is 16.2. The first-order valence-corrected chi connectivity index (χ1v) is 9.41. The lowest BCUT2D eigenvalue weighted by Gasteiger charge is -2.12. The van der Waals surface area contributed by atoms with Gasteiger partial charge in [0.1, 0.15) is 18.0 Å². The van der Waals surface area contributed by atoms with E-state index in [1.54, 1.807) is 19.5 Å². The molecule has 148 valence electrons. The monoisotopic (exact) mass is 398 g/mol. The number of methoxy groups -OCH3 is 1. The van der Waals surface area contributed by atoms with Crippen molar-refractivity contribution >= 4 is 21.9 Å². The summed E-state index contributed by atoms with van der Waals surface area (Å²) < 4.78 is 17.3. The van der Waals surface area contributed by atoms with E-state index in [1.165, 1.54) is 0 Å². The molecule has 0 radical (unpaired) electrons. The van der Waals surface area contributed by atoms with E-state index in [9.17, 15) is 0 Å². The van der Waals surface area contributed by atoms with E-state index in [0.717, 1.165) is 22.0 Å². The molecule has 3 aromatic heterocycles. The minimum absolute atomic E-state index is 0.235. The van der Waals surface area contributed by atoms with Gasteiger partial charge in [0.2, 0.25) is 0 Å². The largest absolute Gasteiger partial charge is 0.493 e. The lowest BCUT2D eigenvalue weighted by Crippen LogP contribution is -1.99. The molecule has 7 heteroatoms. The molecule has 0 saturated heterocycles. The molecule has 0 aliphatic heterocycles. The standard InChI is InChI=1S/C23H18N4O3/c1-28-20-11-19-17(10-21(20)29-14-15-5-3-2-4-6-15)12-26-23(27-19)30-18-9-16-7-8-24-22(16)25-13-18/h2-13H,14H2,1H3,(H,24,25). The van der Waals surface area contributed by atoms with Crippen LogP contribution in [-0.4, -0.2) is 27.0 Å². The summed E-state index contributed by atoms with van der Waals surface area (Å²) in [5.74, 6) is 1.79. The molecular weight excluding hydrogens is 380 g/mol. The van der Waals surface area contributed by atoms with Gasteiger partial charge in [0.05, 0.1) is 18.8 Å². The third-order valence-corrected chi connectivity index (χ3v) is 4.66. The number of aromatic nitrogens is 4. The van der Waals surface area contributed by atoms with Gasteiger partial charge in [-0.2, -0.15) is 4.98 Å². The van der Waals surface area contributed by atoms with Crippen LogP contribution in [0.15, 0.2) is 73.2 Å². The van der Waals surface area contributed by atoms with Crippen LogP contribution < -0.4 is 14.2 Å². The van der Waals surface area contributed by atoms with Crippen LogP contribution in [0.5, 0.6) is 23.3 Å². The fourth-order valence-electron chi connectivity index (χ4n) is 3.16. The van der Waals surface area contributed by atoms with E-state index in [4.69, 9.17) is 14.2 Å².